The SMILES string of the molecule is CCS(=O)(=O)NCCC(c1ccc(F)cc1)c1ccco1. The van der Waals surface area contributed by atoms with Crippen LogP contribution in [0.2, 0.25) is 0 Å². The molecule has 114 valence electrons. The Hall–Kier alpha value is -1.66. The molecule has 0 fully saturated rings. The summed E-state index contributed by atoms with van der Waals surface area (Å²) in [6.45, 7) is 1.89. The number of rotatable bonds is 7. The Morgan fingerprint density at radius 3 is 2.52 bits per heavy atom. The third-order valence-electron chi connectivity index (χ3n) is 3.29. The highest BCUT2D eigenvalue weighted by molar-refractivity contribution is 7.89. The van der Waals surface area contributed by atoms with Gasteiger partial charge in [0.05, 0.1) is 12.0 Å². The summed E-state index contributed by atoms with van der Waals surface area (Å²) in [5.41, 5.74) is 0.891. The van der Waals surface area contributed by atoms with Crippen molar-refractivity contribution in [3.63, 3.8) is 0 Å². The van der Waals surface area contributed by atoms with Crippen molar-refractivity contribution in [2.45, 2.75) is 19.3 Å². The molecule has 0 aliphatic carbocycles. The first-order valence-corrected chi connectivity index (χ1v) is 8.43. The highest BCUT2D eigenvalue weighted by Crippen LogP contribution is 2.28. The Bertz CT molecular complexity index is 651. The molecule has 0 radical (unpaired) electrons. The van der Waals surface area contributed by atoms with Crippen LogP contribution in [0.3, 0.4) is 0 Å². The van der Waals surface area contributed by atoms with Crippen LogP contribution in [0.1, 0.15) is 30.6 Å². The largest absolute Gasteiger partial charge is 0.469 e. The van der Waals surface area contributed by atoms with E-state index in [-0.39, 0.29) is 17.5 Å². The molecule has 2 rings (SSSR count). The normalized spacial score (nSPS) is 13.2. The first kappa shape index (κ1) is 15.7. The maximum atomic E-state index is 13.0. The van der Waals surface area contributed by atoms with E-state index in [1.807, 2.05) is 6.07 Å². The summed E-state index contributed by atoms with van der Waals surface area (Å²) in [5, 5.41) is 0. The van der Waals surface area contributed by atoms with Gasteiger partial charge >= 0.3 is 0 Å². The monoisotopic (exact) mass is 311 g/mol. The first-order chi connectivity index (χ1) is 10.0. The van der Waals surface area contributed by atoms with Crippen molar-refractivity contribution in [1.82, 2.24) is 4.72 Å². The molecule has 0 saturated heterocycles. The van der Waals surface area contributed by atoms with Gasteiger partial charge in [-0.1, -0.05) is 12.1 Å². The van der Waals surface area contributed by atoms with Crippen molar-refractivity contribution < 1.29 is 17.2 Å². The summed E-state index contributed by atoms with van der Waals surface area (Å²) in [5.74, 6) is 0.371. The van der Waals surface area contributed by atoms with Crippen molar-refractivity contribution in [3.8, 4) is 0 Å². The molecule has 2 aromatic rings. The van der Waals surface area contributed by atoms with Crippen LogP contribution < -0.4 is 4.72 Å². The van der Waals surface area contributed by atoms with Gasteiger partial charge in [0.1, 0.15) is 11.6 Å². The lowest BCUT2D eigenvalue weighted by Gasteiger charge is -2.15. The average molecular weight is 311 g/mol. The summed E-state index contributed by atoms with van der Waals surface area (Å²) < 4.78 is 43.9. The third kappa shape index (κ3) is 4.41. The van der Waals surface area contributed by atoms with Crippen LogP contribution in [0.5, 0.6) is 0 Å². The predicted molar refractivity (Wildman–Crippen MR) is 79.0 cm³/mol. The molecular formula is C15H18FNO3S. The average Bonchev–Trinajstić information content (AvgIpc) is 2.99. The molecule has 1 atom stereocenters. The van der Waals surface area contributed by atoms with Crippen LogP contribution in [0.25, 0.3) is 0 Å². The summed E-state index contributed by atoms with van der Waals surface area (Å²) in [4.78, 5) is 0. The summed E-state index contributed by atoms with van der Waals surface area (Å²) >= 11 is 0. The van der Waals surface area contributed by atoms with Gasteiger partial charge in [0.25, 0.3) is 0 Å². The molecule has 1 aromatic carbocycles. The summed E-state index contributed by atoms with van der Waals surface area (Å²) in [7, 11) is -3.21. The fourth-order valence-corrected chi connectivity index (χ4v) is 2.75. The van der Waals surface area contributed by atoms with Crippen LogP contribution in [0.15, 0.2) is 47.1 Å². The van der Waals surface area contributed by atoms with Gasteiger partial charge in [0, 0.05) is 12.5 Å². The Labute approximate surface area is 124 Å². The zero-order chi connectivity index (χ0) is 15.3. The van der Waals surface area contributed by atoms with Gasteiger partial charge in [-0.05, 0) is 43.2 Å². The number of furan rings is 1. The zero-order valence-electron chi connectivity index (χ0n) is 11.8. The van der Waals surface area contributed by atoms with E-state index in [0.717, 1.165) is 11.3 Å². The highest BCUT2D eigenvalue weighted by Gasteiger charge is 2.18. The third-order valence-corrected chi connectivity index (χ3v) is 4.70. The van der Waals surface area contributed by atoms with E-state index in [9.17, 15) is 12.8 Å². The second-order valence-electron chi connectivity index (χ2n) is 4.71. The molecule has 6 heteroatoms. The van der Waals surface area contributed by atoms with E-state index in [1.165, 1.54) is 12.1 Å². The van der Waals surface area contributed by atoms with Crippen LogP contribution in [0.4, 0.5) is 4.39 Å². The molecule has 0 bridgehead atoms. The smallest absolute Gasteiger partial charge is 0.211 e. The van der Waals surface area contributed by atoms with E-state index >= 15 is 0 Å². The van der Waals surface area contributed by atoms with Gasteiger partial charge in [0.15, 0.2) is 0 Å². The Kier molecular flexibility index (Phi) is 5.14. The number of hydrogen-bond acceptors (Lipinski definition) is 3. The lowest BCUT2D eigenvalue weighted by atomic mass is 9.93. The summed E-state index contributed by atoms with van der Waals surface area (Å²) in [6.07, 6.45) is 2.11. The molecular weight excluding hydrogens is 293 g/mol. The Morgan fingerprint density at radius 1 is 1.24 bits per heavy atom. The number of sulfonamides is 1. The minimum Gasteiger partial charge on any atom is -0.469 e. The van der Waals surface area contributed by atoms with Gasteiger partial charge < -0.3 is 4.42 Å². The Morgan fingerprint density at radius 2 is 1.95 bits per heavy atom. The number of halogens is 1. The zero-order valence-corrected chi connectivity index (χ0v) is 12.6. The topological polar surface area (TPSA) is 59.3 Å². The second-order valence-corrected chi connectivity index (χ2v) is 6.80. The van der Waals surface area contributed by atoms with Crippen molar-refractivity contribution >= 4 is 10.0 Å². The van der Waals surface area contributed by atoms with Gasteiger partial charge in [-0.25, -0.2) is 17.5 Å². The molecule has 0 amide bonds. The number of hydrogen-bond donors (Lipinski definition) is 1. The molecule has 4 nitrogen and oxygen atoms in total. The quantitative estimate of drug-likeness (QED) is 0.855. The lowest BCUT2D eigenvalue weighted by Crippen LogP contribution is -2.27. The Balaban J connectivity index is 2.12. The van der Waals surface area contributed by atoms with Crippen molar-refractivity contribution in [2.24, 2.45) is 0 Å². The van der Waals surface area contributed by atoms with Crippen LogP contribution in [-0.2, 0) is 10.0 Å². The molecule has 21 heavy (non-hydrogen) atoms. The van der Waals surface area contributed by atoms with Crippen LogP contribution in [0, 0.1) is 5.82 Å². The maximum absolute atomic E-state index is 13.0. The molecule has 0 aliphatic heterocycles. The predicted octanol–water partition coefficient (Wildman–Crippen LogP) is 2.88. The van der Waals surface area contributed by atoms with E-state index in [1.54, 1.807) is 31.4 Å². The van der Waals surface area contributed by atoms with Gasteiger partial charge in [0.2, 0.25) is 10.0 Å². The highest BCUT2D eigenvalue weighted by atomic mass is 32.2. The molecule has 1 aromatic heterocycles. The minimum absolute atomic E-state index is 0.0506. The first-order valence-electron chi connectivity index (χ1n) is 6.78. The number of benzene rings is 1. The standard InChI is InChI=1S/C15H18FNO3S/c1-2-21(18,19)17-10-9-14(15-4-3-11-20-15)12-5-7-13(16)8-6-12/h3-8,11,14,17H,2,9-10H2,1H3. The second kappa shape index (κ2) is 6.87. The van der Waals surface area contributed by atoms with Gasteiger partial charge in [-0.2, -0.15) is 0 Å². The molecule has 1 N–H and O–H groups in total. The fraction of sp³-hybridized carbons (Fsp3) is 0.333. The van der Waals surface area contributed by atoms with Gasteiger partial charge in [-0.3, -0.25) is 0 Å². The van der Waals surface area contributed by atoms with E-state index in [2.05, 4.69) is 4.72 Å². The van der Waals surface area contributed by atoms with Gasteiger partial charge in [-0.15, -0.1) is 0 Å². The summed E-state index contributed by atoms with van der Waals surface area (Å²) in [6, 6.07) is 9.78. The number of nitrogens with one attached hydrogen (secondary N) is 1. The molecule has 1 unspecified atom stereocenters. The minimum atomic E-state index is -3.21. The van der Waals surface area contributed by atoms with Crippen LogP contribution in [-0.4, -0.2) is 20.7 Å². The lowest BCUT2D eigenvalue weighted by molar-refractivity contribution is 0.472. The molecule has 1 heterocycles. The van der Waals surface area contributed by atoms with Crippen molar-refractivity contribution in [2.75, 3.05) is 12.3 Å². The molecule has 0 spiro atoms. The fourth-order valence-electron chi connectivity index (χ4n) is 2.12. The molecule has 0 aliphatic rings. The van der Waals surface area contributed by atoms with Crippen molar-refractivity contribution in [1.29, 1.82) is 0 Å². The van der Waals surface area contributed by atoms with E-state index < -0.39 is 10.0 Å². The van der Waals surface area contributed by atoms with Crippen LogP contribution >= 0.6 is 0 Å². The van der Waals surface area contributed by atoms with E-state index in [0.29, 0.717) is 13.0 Å². The maximum Gasteiger partial charge on any atom is 0.211 e. The van der Waals surface area contributed by atoms with E-state index in [4.69, 9.17) is 4.42 Å². The molecule has 0 saturated carbocycles. The van der Waals surface area contributed by atoms with Crippen molar-refractivity contribution in [3.05, 3.63) is 59.8 Å².